The average molecular weight is 507 g/mol. The Kier molecular flexibility index (Phi) is 7.38. The predicted octanol–water partition coefficient (Wildman–Crippen LogP) is 4.24. The molecule has 2 aromatic rings. The Morgan fingerprint density at radius 2 is 1.86 bits per heavy atom. The van der Waals surface area contributed by atoms with Gasteiger partial charge in [-0.15, -0.1) is 0 Å². The smallest absolute Gasteiger partial charge is 0.266 e. The topological polar surface area (TPSA) is 105 Å². The van der Waals surface area contributed by atoms with E-state index in [1.54, 1.807) is 18.2 Å². The largest absolute Gasteiger partial charge is 0.481 e. The second kappa shape index (κ2) is 9.53. The van der Waals surface area contributed by atoms with Crippen molar-refractivity contribution in [1.82, 2.24) is 0 Å². The average Bonchev–Trinajstić information content (AvgIpc) is 2.61. The number of nitrogens with two attached hydrogens (primary N) is 1. The number of carbonyl (C=O) groups excluding carboxylic acids is 2. The molecule has 2 aromatic carbocycles. The summed E-state index contributed by atoms with van der Waals surface area (Å²) in [5.74, 6) is -0.706. The van der Waals surface area contributed by atoms with Crippen molar-refractivity contribution in [2.24, 2.45) is 5.73 Å². The molecule has 0 aliphatic heterocycles. The number of nitrogens with one attached hydrogen (secondary N) is 1. The van der Waals surface area contributed by atoms with Crippen molar-refractivity contribution in [1.29, 1.82) is 5.26 Å². The van der Waals surface area contributed by atoms with Gasteiger partial charge in [0.1, 0.15) is 17.4 Å². The predicted molar refractivity (Wildman–Crippen MR) is 115 cm³/mol. The Balaban J connectivity index is 2.27. The number of halogens is 2. The minimum absolute atomic E-state index is 0.0513. The number of ether oxygens (including phenoxy) is 1. The van der Waals surface area contributed by atoms with E-state index in [1.807, 2.05) is 32.0 Å². The lowest BCUT2D eigenvalue weighted by atomic mass is 10.1. The van der Waals surface area contributed by atoms with Gasteiger partial charge >= 0.3 is 0 Å². The summed E-state index contributed by atoms with van der Waals surface area (Å²) < 4.78 is 6.42. The summed E-state index contributed by atoms with van der Waals surface area (Å²) >= 11 is 6.69. The maximum Gasteiger partial charge on any atom is 0.266 e. The zero-order valence-electron chi connectivity index (χ0n) is 15.2. The zero-order valence-corrected chi connectivity index (χ0v) is 18.3. The monoisotopic (exact) mass is 505 g/mol. The first-order valence-corrected chi connectivity index (χ1v) is 9.70. The van der Waals surface area contributed by atoms with E-state index in [0.29, 0.717) is 25.9 Å². The Labute approximate surface area is 179 Å². The zero-order chi connectivity index (χ0) is 20.8. The highest BCUT2D eigenvalue weighted by molar-refractivity contribution is 9.11. The first-order valence-electron chi connectivity index (χ1n) is 8.11. The number of rotatable bonds is 6. The number of primary amides is 1. The summed E-state index contributed by atoms with van der Waals surface area (Å²) in [7, 11) is 0. The van der Waals surface area contributed by atoms with Crippen LogP contribution in [0.1, 0.15) is 16.7 Å². The number of hydrogen-bond donors (Lipinski definition) is 2. The third-order valence-electron chi connectivity index (χ3n) is 3.69. The Hall–Kier alpha value is -2.63. The number of nitrogens with zero attached hydrogens (tertiary/aromatic N) is 1. The molecule has 0 unspecified atom stereocenters. The number of anilines is 1. The lowest BCUT2D eigenvalue weighted by molar-refractivity contribution is -0.120. The number of hydrogen-bond acceptors (Lipinski definition) is 4. The van der Waals surface area contributed by atoms with E-state index < -0.39 is 11.8 Å². The van der Waals surface area contributed by atoms with Crippen molar-refractivity contribution in [3.8, 4) is 11.8 Å². The fourth-order valence-electron chi connectivity index (χ4n) is 2.40. The molecule has 0 aliphatic carbocycles. The van der Waals surface area contributed by atoms with Crippen LogP contribution in [0.25, 0.3) is 6.08 Å². The molecule has 3 N–H and O–H groups in total. The highest BCUT2D eigenvalue weighted by Gasteiger charge is 2.14. The molecule has 0 aliphatic rings. The molecule has 2 rings (SSSR count). The van der Waals surface area contributed by atoms with Crippen LogP contribution in [-0.4, -0.2) is 18.4 Å². The van der Waals surface area contributed by atoms with Crippen molar-refractivity contribution < 1.29 is 14.3 Å². The molecule has 0 saturated heterocycles. The van der Waals surface area contributed by atoms with Crippen LogP contribution < -0.4 is 15.8 Å². The van der Waals surface area contributed by atoms with E-state index in [0.717, 1.165) is 11.1 Å². The number of amides is 2. The Morgan fingerprint density at radius 3 is 2.39 bits per heavy atom. The van der Waals surface area contributed by atoms with Gasteiger partial charge < -0.3 is 15.8 Å². The van der Waals surface area contributed by atoms with Crippen molar-refractivity contribution in [2.45, 2.75) is 13.8 Å². The molecule has 2 amide bonds. The molecule has 0 heterocycles. The number of carbonyl (C=O) groups is 2. The van der Waals surface area contributed by atoms with Crippen molar-refractivity contribution in [3.05, 3.63) is 61.5 Å². The second-order valence-corrected chi connectivity index (χ2v) is 7.72. The van der Waals surface area contributed by atoms with Gasteiger partial charge in [-0.3, -0.25) is 9.59 Å². The third kappa shape index (κ3) is 5.68. The molecule has 0 spiro atoms. The lowest BCUT2D eigenvalue weighted by Crippen LogP contribution is -2.20. The normalized spacial score (nSPS) is 10.9. The van der Waals surface area contributed by atoms with Crippen molar-refractivity contribution >= 4 is 55.4 Å². The molecule has 144 valence electrons. The van der Waals surface area contributed by atoms with Crippen LogP contribution in [0.15, 0.2) is 44.9 Å². The molecule has 0 aromatic heterocycles. The van der Waals surface area contributed by atoms with Gasteiger partial charge in [0.25, 0.3) is 11.8 Å². The molecule has 6 nitrogen and oxygen atoms in total. The van der Waals surface area contributed by atoms with Gasteiger partial charge in [-0.05, 0) is 81.1 Å². The van der Waals surface area contributed by atoms with Gasteiger partial charge in [0.05, 0.1) is 8.95 Å². The first-order chi connectivity index (χ1) is 13.2. The summed E-state index contributed by atoms with van der Waals surface area (Å²) in [6.07, 6.45) is 1.46. The van der Waals surface area contributed by atoms with Crippen LogP contribution in [0, 0.1) is 25.2 Å². The van der Waals surface area contributed by atoms with Gasteiger partial charge in [-0.2, -0.15) is 5.26 Å². The van der Waals surface area contributed by atoms with Gasteiger partial charge in [-0.1, -0.05) is 17.7 Å². The summed E-state index contributed by atoms with van der Waals surface area (Å²) in [5, 5.41) is 12.2. The van der Waals surface area contributed by atoms with Crippen LogP contribution in [-0.2, 0) is 9.59 Å². The lowest BCUT2D eigenvalue weighted by Gasteiger charge is -2.11. The molecule has 0 radical (unpaired) electrons. The standard InChI is InChI=1S/C20H17Br2N3O3/c1-11-3-4-17(12(2)5-11)25-20(27)14(9-23)6-13-7-15(21)19(16(22)8-13)28-10-18(24)26/h3-8H,10H2,1-2H3,(H2,24,26)(H,25,27)/b14-6+. The van der Waals surface area contributed by atoms with E-state index in [1.165, 1.54) is 6.08 Å². The molecular weight excluding hydrogens is 490 g/mol. The second-order valence-electron chi connectivity index (χ2n) is 6.01. The number of nitriles is 1. The van der Waals surface area contributed by atoms with Crippen LogP contribution in [0.2, 0.25) is 0 Å². The van der Waals surface area contributed by atoms with Crippen LogP contribution in [0.4, 0.5) is 5.69 Å². The summed E-state index contributed by atoms with van der Waals surface area (Å²) in [6, 6.07) is 10.9. The summed E-state index contributed by atoms with van der Waals surface area (Å²) in [6.45, 7) is 3.58. The maximum atomic E-state index is 12.5. The highest BCUT2D eigenvalue weighted by atomic mass is 79.9. The quantitative estimate of drug-likeness (QED) is 0.451. The van der Waals surface area contributed by atoms with Crippen molar-refractivity contribution in [3.63, 3.8) is 0 Å². The molecule has 28 heavy (non-hydrogen) atoms. The van der Waals surface area contributed by atoms with E-state index in [4.69, 9.17) is 10.5 Å². The SMILES string of the molecule is Cc1ccc(NC(=O)/C(C#N)=C/c2cc(Br)c(OCC(N)=O)c(Br)c2)c(C)c1. The minimum Gasteiger partial charge on any atom is -0.481 e. The summed E-state index contributed by atoms with van der Waals surface area (Å²) in [4.78, 5) is 23.4. The van der Waals surface area contributed by atoms with Crippen LogP contribution in [0.3, 0.4) is 0 Å². The van der Waals surface area contributed by atoms with Gasteiger partial charge in [0.2, 0.25) is 0 Å². The first kappa shape index (κ1) is 21.7. The Morgan fingerprint density at radius 1 is 1.21 bits per heavy atom. The van der Waals surface area contributed by atoms with E-state index in [-0.39, 0.29) is 12.2 Å². The van der Waals surface area contributed by atoms with Crippen molar-refractivity contribution in [2.75, 3.05) is 11.9 Å². The van der Waals surface area contributed by atoms with Gasteiger partial charge in [0.15, 0.2) is 6.61 Å². The van der Waals surface area contributed by atoms with Gasteiger partial charge in [0, 0.05) is 5.69 Å². The molecule has 0 fully saturated rings. The fourth-order valence-corrected chi connectivity index (χ4v) is 3.85. The number of benzene rings is 2. The highest BCUT2D eigenvalue weighted by Crippen LogP contribution is 2.35. The maximum absolute atomic E-state index is 12.5. The van der Waals surface area contributed by atoms with E-state index in [2.05, 4.69) is 37.2 Å². The van der Waals surface area contributed by atoms with Gasteiger partial charge in [-0.25, -0.2) is 0 Å². The summed E-state index contributed by atoms with van der Waals surface area (Å²) in [5.41, 5.74) is 8.27. The number of aryl methyl sites for hydroxylation is 2. The molecule has 8 heteroatoms. The minimum atomic E-state index is -0.599. The molecular formula is C20H17Br2N3O3. The van der Waals surface area contributed by atoms with Crippen LogP contribution >= 0.6 is 31.9 Å². The molecule has 0 bridgehead atoms. The molecule has 0 atom stereocenters. The third-order valence-corrected chi connectivity index (χ3v) is 4.86. The fraction of sp³-hybridized carbons (Fsp3) is 0.150. The van der Waals surface area contributed by atoms with E-state index in [9.17, 15) is 14.9 Å². The van der Waals surface area contributed by atoms with Crippen LogP contribution in [0.5, 0.6) is 5.75 Å². The Bertz CT molecular complexity index is 987. The molecule has 0 saturated carbocycles. The van der Waals surface area contributed by atoms with E-state index >= 15 is 0 Å².